The van der Waals surface area contributed by atoms with Gasteiger partial charge in [-0.15, -0.1) is 6.58 Å². The highest BCUT2D eigenvalue weighted by Crippen LogP contribution is 2.60. The molecule has 3 aliphatic heterocycles. The van der Waals surface area contributed by atoms with Crippen LogP contribution in [-0.2, 0) is 19.1 Å². The molecule has 0 aromatic heterocycles. The number of carboxylic acid groups (broad SMARTS) is 1. The van der Waals surface area contributed by atoms with E-state index in [0.717, 1.165) is 12.8 Å². The first-order valence-corrected chi connectivity index (χ1v) is 13.2. The number of aliphatic carboxylic acids is 1. The van der Waals surface area contributed by atoms with Crippen molar-refractivity contribution in [3.63, 3.8) is 0 Å². The number of hydrogen-bond acceptors (Lipinski definition) is 6. The maximum Gasteiger partial charge on any atom is 0.310 e. The van der Waals surface area contributed by atoms with Gasteiger partial charge < -0.3 is 29.5 Å². The third kappa shape index (κ3) is 4.43. The molecule has 1 spiro atoms. The van der Waals surface area contributed by atoms with Crippen LogP contribution in [0.25, 0.3) is 0 Å². The van der Waals surface area contributed by atoms with E-state index >= 15 is 0 Å². The van der Waals surface area contributed by atoms with Gasteiger partial charge in [0.05, 0.1) is 25.0 Å². The van der Waals surface area contributed by atoms with Gasteiger partial charge >= 0.3 is 5.97 Å². The second-order valence-electron chi connectivity index (χ2n) is 9.61. The molecular formula is C26H33BrN2O7. The summed E-state index contributed by atoms with van der Waals surface area (Å²) in [4.78, 5) is 43.1. The molecule has 0 aliphatic carbocycles. The molecule has 36 heavy (non-hydrogen) atoms. The number of amides is 2. The minimum atomic E-state index is -1.22. The molecule has 1 aromatic rings. The van der Waals surface area contributed by atoms with Crippen molar-refractivity contribution in [2.45, 2.75) is 54.7 Å². The standard InChI is InChI=1S/C26H33BrN2O7/c1-3-12-28(16-8-10-17(35-2)11-9-16)24(32)22-26-15-18(27)21(36-26)19(25(33)34)20(26)23(31)29(22)13-6-4-5-7-14-30/h3,8-11,18-22,30H,1,4-7,12-15H2,2H3,(H,33,34)/t18?,19-,20+,21-,22-,26+/m0/s1. The van der Waals surface area contributed by atoms with Crippen LogP contribution in [0.4, 0.5) is 5.69 Å². The number of carboxylic acids is 1. The largest absolute Gasteiger partial charge is 0.497 e. The molecule has 9 nitrogen and oxygen atoms in total. The van der Waals surface area contributed by atoms with Crippen LogP contribution in [0.15, 0.2) is 36.9 Å². The summed E-state index contributed by atoms with van der Waals surface area (Å²) in [6.07, 6.45) is 4.22. The van der Waals surface area contributed by atoms with E-state index in [4.69, 9.17) is 14.6 Å². The summed E-state index contributed by atoms with van der Waals surface area (Å²) >= 11 is 3.56. The van der Waals surface area contributed by atoms with Gasteiger partial charge in [-0.3, -0.25) is 14.4 Å². The Bertz CT molecular complexity index is 1000. The molecule has 3 aliphatic rings. The van der Waals surface area contributed by atoms with E-state index < -0.39 is 35.6 Å². The number of aliphatic hydroxyl groups excluding tert-OH is 1. The molecule has 3 saturated heterocycles. The van der Waals surface area contributed by atoms with E-state index in [1.54, 1.807) is 47.3 Å². The molecule has 0 radical (unpaired) electrons. The molecule has 3 heterocycles. The van der Waals surface area contributed by atoms with Gasteiger partial charge in [-0.05, 0) is 43.5 Å². The fraction of sp³-hybridized carbons (Fsp3) is 0.577. The number of carbonyl (C=O) groups is 3. The Morgan fingerprint density at radius 3 is 2.58 bits per heavy atom. The summed E-state index contributed by atoms with van der Waals surface area (Å²) < 4.78 is 11.6. The maximum atomic E-state index is 14.3. The number of ether oxygens (including phenoxy) is 2. The molecule has 4 rings (SSSR count). The highest BCUT2D eigenvalue weighted by molar-refractivity contribution is 9.09. The first-order valence-electron chi connectivity index (χ1n) is 12.3. The van der Waals surface area contributed by atoms with Gasteiger partial charge in [-0.25, -0.2) is 0 Å². The molecule has 6 atom stereocenters. The zero-order chi connectivity index (χ0) is 26.0. The summed E-state index contributed by atoms with van der Waals surface area (Å²) in [6, 6.07) is 6.09. The fourth-order valence-electron chi connectivity index (χ4n) is 6.04. The van der Waals surface area contributed by atoms with E-state index in [1.165, 1.54) is 0 Å². The van der Waals surface area contributed by atoms with E-state index in [1.807, 2.05) is 0 Å². The van der Waals surface area contributed by atoms with Crippen LogP contribution in [0.3, 0.4) is 0 Å². The number of unbranched alkanes of at least 4 members (excludes halogenated alkanes) is 3. The van der Waals surface area contributed by atoms with Gasteiger partial charge in [0.25, 0.3) is 5.91 Å². The van der Waals surface area contributed by atoms with Crippen molar-refractivity contribution < 1.29 is 34.1 Å². The van der Waals surface area contributed by atoms with Gasteiger partial charge in [0.1, 0.15) is 17.4 Å². The number of anilines is 1. The number of hydrogen-bond donors (Lipinski definition) is 2. The van der Waals surface area contributed by atoms with Gasteiger partial charge in [0.2, 0.25) is 5.91 Å². The van der Waals surface area contributed by atoms with E-state index in [-0.39, 0.29) is 29.8 Å². The van der Waals surface area contributed by atoms with E-state index in [2.05, 4.69) is 22.5 Å². The third-order valence-electron chi connectivity index (χ3n) is 7.58. The Morgan fingerprint density at radius 1 is 1.28 bits per heavy atom. The molecule has 3 fully saturated rings. The van der Waals surface area contributed by atoms with Crippen LogP contribution < -0.4 is 9.64 Å². The van der Waals surface area contributed by atoms with Crippen LogP contribution in [0, 0.1) is 11.8 Å². The second-order valence-corrected chi connectivity index (χ2v) is 10.8. The predicted octanol–water partition coefficient (Wildman–Crippen LogP) is 2.60. The number of likely N-dealkylation sites (tertiary alicyclic amines) is 1. The highest BCUT2D eigenvalue weighted by atomic mass is 79.9. The number of rotatable bonds is 12. The van der Waals surface area contributed by atoms with E-state index in [9.17, 15) is 19.5 Å². The lowest BCUT2D eigenvalue weighted by Gasteiger charge is -2.37. The summed E-state index contributed by atoms with van der Waals surface area (Å²) in [5.41, 5.74) is -0.596. The van der Waals surface area contributed by atoms with Crippen molar-refractivity contribution >= 4 is 39.4 Å². The minimum absolute atomic E-state index is 0.107. The molecule has 10 heteroatoms. The maximum absolute atomic E-state index is 14.3. The van der Waals surface area contributed by atoms with Crippen molar-refractivity contribution in [3.05, 3.63) is 36.9 Å². The molecule has 2 N–H and O–H groups in total. The number of aliphatic hydroxyl groups is 1. The molecule has 196 valence electrons. The zero-order valence-electron chi connectivity index (χ0n) is 20.3. The Labute approximate surface area is 219 Å². The van der Waals surface area contributed by atoms with Crippen molar-refractivity contribution in [2.24, 2.45) is 11.8 Å². The first-order chi connectivity index (χ1) is 17.3. The van der Waals surface area contributed by atoms with Crippen molar-refractivity contribution in [2.75, 3.05) is 31.7 Å². The minimum Gasteiger partial charge on any atom is -0.497 e. The normalized spacial score (nSPS) is 30.4. The average molecular weight is 565 g/mol. The molecule has 2 bridgehead atoms. The lowest BCUT2D eigenvalue weighted by Crippen LogP contribution is -2.57. The van der Waals surface area contributed by atoms with Gasteiger partial charge in [-0.2, -0.15) is 0 Å². The Hall–Kier alpha value is -2.43. The SMILES string of the molecule is C=CCN(C(=O)[C@@H]1N(CCCCCCO)C(=O)[C@H]2[C@H](C(=O)O)[C@H]3O[C@@]12CC3Br)c1ccc(OC)cc1. The molecule has 1 unspecified atom stereocenters. The number of benzene rings is 1. The topological polar surface area (TPSA) is 117 Å². The second kappa shape index (κ2) is 10.9. The summed E-state index contributed by atoms with van der Waals surface area (Å²) in [6.45, 7) is 4.44. The van der Waals surface area contributed by atoms with Crippen molar-refractivity contribution in [1.29, 1.82) is 0 Å². The summed E-state index contributed by atoms with van der Waals surface area (Å²) in [7, 11) is 1.56. The predicted molar refractivity (Wildman–Crippen MR) is 136 cm³/mol. The lowest BCUT2D eigenvalue weighted by atomic mass is 9.70. The molecule has 2 amide bonds. The molecular weight excluding hydrogens is 532 g/mol. The monoisotopic (exact) mass is 564 g/mol. The first kappa shape index (κ1) is 26.6. The fourth-order valence-corrected chi connectivity index (χ4v) is 6.98. The number of fused-ring (bicyclic) bond motifs is 1. The molecule has 0 saturated carbocycles. The summed E-state index contributed by atoms with van der Waals surface area (Å²) in [5, 5.41) is 19.1. The van der Waals surface area contributed by atoms with Crippen LogP contribution >= 0.6 is 15.9 Å². The van der Waals surface area contributed by atoms with Crippen LogP contribution in [0.1, 0.15) is 32.1 Å². The highest BCUT2D eigenvalue weighted by Gasteiger charge is 2.76. The number of carbonyl (C=O) groups excluding carboxylic acids is 2. The Morgan fingerprint density at radius 2 is 1.97 bits per heavy atom. The lowest BCUT2D eigenvalue weighted by molar-refractivity contribution is -0.149. The zero-order valence-corrected chi connectivity index (χ0v) is 21.9. The third-order valence-corrected chi connectivity index (χ3v) is 8.42. The number of nitrogens with zero attached hydrogens (tertiary/aromatic N) is 2. The van der Waals surface area contributed by atoms with Crippen LogP contribution in [0.5, 0.6) is 5.75 Å². The number of alkyl halides is 1. The molecule has 1 aromatic carbocycles. The quantitative estimate of drug-likeness (QED) is 0.227. The summed E-state index contributed by atoms with van der Waals surface area (Å²) in [5.74, 6) is -3.02. The Balaban J connectivity index is 1.71. The van der Waals surface area contributed by atoms with Crippen molar-refractivity contribution in [1.82, 2.24) is 4.90 Å². The van der Waals surface area contributed by atoms with Crippen LogP contribution in [-0.4, -0.2) is 82.3 Å². The van der Waals surface area contributed by atoms with E-state index in [0.29, 0.717) is 37.2 Å². The number of methoxy groups -OCH3 is 1. The van der Waals surface area contributed by atoms with Gasteiger partial charge in [0.15, 0.2) is 0 Å². The van der Waals surface area contributed by atoms with Gasteiger partial charge in [-0.1, -0.05) is 34.8 Å². The van der Waals surface area contributed by atoms with Crippen LogP contribution in [0.2, 0.25) is 0 Å². The number of halogens is 1. The average Bonchev–Trinajstić information content (AvgIpc) is 3.45. The van der Waals surface area contributed by atoms with Gasteiger partial charge in [0, 0.05) is 30.2 Å². The Kier molecular flexibility index (Phi) is 8.06. The smallest absolute Gasteiger partial charge is 0.310 e. The van der Waals surface area contributed by atoms with Crippen molar-refractivity contribution in [3.8, 4) is 5.75 Å².